The zero-order chi connectivity index (χ0) is 19.2. The highest BCUT2D eigenvalue weighted by Gasteiger charge is 2.17. The largest absolute Gasteiger partial charge is 0.331 e. The molecule has 1 aromatic heterocycles. The molecule has 0 aliphatic heterocycles. The lowest BCUT2D eigenvalue weighted by Gasteiger charge is -2.22. The molecule has 2 aromatic carbocycles. The predicted molar refractivity (Wildman–Crippen MR) is 108 cm³/mol. The van der Waals surface area contributed by atoms with Crippen molar-refractivity contribution < 1.29 is 4.79 Å². The Balaban J connectivity index is 1.88. The number of hydrogen-bond donors (Lipinski definition) is 1. The summed E-state index contributed by atoms with van der Waals surface area (Å²) < 4.78 is 0. The van der Waals surface area contributed by atoms with Gasteiger partial charge in [-0.25, -0.2) is 4.98 Å². The molecule has 0 bridgehead atoms. The van der Waals surface area contributed by atoms with Crippen molar-refractivity contribution in [2.75, 3.05) is 6.54 Å². The molecule has 1 amide bonds. The smallest absolute Gasteiger partial charge is 0.258 e. The maximum Gasteiger partial charge on any atom is 0.258 e. The standard InChI is InChI=1S/C22H25N3O2/c1-3-5-14-25(22(27)17-12-10-16(4-2)11-13-17)15-20-23-19-9-7-6-8-18(19)21(26)24-20/h6-13H,3-5,14-15H2,1-2H3,(H,23,24,26). The van der Waals surface area contributed by atoms with Gasteiger partial charge in [-0.05, 0) is 42.7 Å². The summed E-state index contributed by atoms with van der Waals surface area (Å²) in [5, 5.41) is 0.558. The molecule has 1 heterocycles. The zero-order valence-corrected chi connectivity index (χ0v) is 15.9. The first-order valence-electron chi connectivity index (χ1n) is 9.48. The molecular weight excluding hydrogens is 338 g/mol. The van der Waals surface area contributed by atoms with Crippen LogP contribution in [0.4, 0.5) is 0 Å². The van der Waals surface area contributed by atoms with Crippen LogP contribution in [0.25, 0.3) is 10.9 Å². The summed E-state index contributed by atoms with van der Waals surface area (Å²) in [6.45, 7) is 5.09. The number of carbonyl (C=O) groups is 1. The number of aromatic amines is 1. The highest BCUT2D eigenvalue weighted by molar-refractivity contribution is 5.94. The number of hydrogen-bond acceptors (Lipinski definition) is 3. The van der Waals surface area contributed by atoms with Crippen LogP contribution in [0.5, 0.6) is 0 Å². The lowest BCUT2D eigenvalue weighted by molar-refractivity contribution is 0.0736. The van der Waals surface area contributed by atoms with Crippen molar-refractivity contribution in [3.05, 3.63) is 75.8 Å². The van der Waals surface area contributed by atoms with E-state index in [2.05, 4.69) is 23.8 Å². The second-order valence-electron chi connectivity index (χ2n) is 6.66. The van der Waals surface area contributed by atoms with E-state index in [9.17, 15) is 9.59 Å². The van der Waals surface area contributed by atoms with Gasteiger partial charge in [-0.2, -0.15) is 0 Å². The molecule has 0 radical (unpaired) electrons. The van der Waals surface area contributed by atoms with Crippen LogP contribution in [-0.2, 0) is 13.0 Å². The summed E-state index contributed by atoms with van der Waals surface area (Å²) in [7, 11) is 0. The molecule has 0 atom stereocenters. The monoisotopic (exact) mass is 363 g/mol. The summed E-state index contributed by atoms with van der Waals surface area (Å²) in [6.07, 6.45) is 2.83. The maximum atomic E-state index is 13.0. The van der Waals surface area contributed by atoms with Gasteiger partial charge < -0.3 is 9.88 Å². The van der Waals surface area contributed by atoms with Gasteiger partial charge in [0.15, 0.2) is 0 Å². The predicted octanol–water partition coefficient (Wildman–Crippen LogP) is 3.93. The SMILES string of the molecule is CCCCN(Cc1nc2ccccc2c(=O)[nH]1)C(=O)c1ccc(CC)cc1. The number of amides is 1. The average molecular weight is 363 g/mol. The molecule has 0 saturated heterocycles. The number of fused-ring (bicyclic) bond motifs is 1. The molecule has 27 heavy (non-hydrogen) atoms. The Hall–Kier alpha value is -2.95. The van der Waals surface area contributed by atoms with Gasteiger partial charge in [0, 0.05) is 12.1 Å². The summed E-state index contributed by atoms with van der Waals surface area (Å²) >= 11 is 0. The highest BCUT2D eigenvalue weighted by atomic mass is 16.2. The molecule has 5 heteroatoms. The molecule has 1 N–H and O–H groups in total. The first kappa shape index (κ1) is 18.8. The second-order valence-corrected chi connectivity index (χ2v) is 6.66. The number of nitrogens with zero attached hydrogens (tertiary/aromatic N) is 2. The fourth-order valence-electron chi connectivity index (χ4n) is 3.06. The van der Waals surface area contributed by atoms with Crippen LogP contribution < -0.4 is 5.56 Å². The van der Waals surface area contributed by atoms with Gasteiger partial charge in [0.05, 0.1) is 17.4 Å². The first-order valence-corrected chi connectivity index (χ1v) is 9.48. The number of rotatable bonds is 7. The Bertz CT molecular complexity index is 977. The van der Waals surface area contributed by atoms with Gasteiger partial charge in [0.25, 0.3) is 11.5 Å². The molecule has 0 unspecified atom stereocenters. The topological polar surface area (TPSA) is 66.1 Å². The second kappa shape index (κ2) is 8.62. The fourth-order valence-corrected chi connectivity index (χ4v) is 3.06. The van der Waals surface area contributed by atoms with E-state index in [1.807, 2.05) is 42.5 Å². The molecule has 3 aromatic rings. The van der Waals surface area contributed by atoms with Gasteiger partial charge in [0.2, 0.25) is 0 Å². The van der Waals surface area contributed by atoms with E-state index in [1.165, 1.54) is 5.56 Å². The minimum atomic E-state index is -0.175. The maximum absolute atomic E-state index is 13.0. The lowest BCUT2D eigenvalue weighted by Crippen LogP contribution is -2.33. The van der Waals surface area contributed by atoms with Crippen LogP contribution in [0.3, 0.4) is 0 Å². The van der Waals surface area contributed by atoms with Crippen molar-refractivity contribution in [2.24, 2.45) is 0 Å². The Kier molecular flexibility index (Phi) is 6.01. The van der Waals surface area contributed by atoms with Crippen molar-refractivity contribution in [3.63, 3.8) is 0 Å². The molecule has 5 nitrogen and oxygen atoms in total. The van der Waals surface area contributed by atoms with Gasteiger partial charge in [-0.3, -0.25) is 9.59 Å². The quantitative estimate of drug-likeness (QED) is 0.692. The van der Waals surface area contributed by atoms with E-state index in [0.717, 1.165) is 19.3 Å². The number of H-pyrrole nitrogens is 1. The molecular formula is C22H25N3O2. The van der Waals surface area contributed by atoms with Crippen molar-refractivity contribution in [2.45, 2.75) is 39.7 Å². The number of para-hydroxylation sites is 1. The van der Waals surface area contributed by atoms with Crippen molar-refractivity contribution in [1.29, 1.82) is 0 Å². The first-order chi connectivity index (χ1) is 13.1. The summed E-state index contributed by atoms with van der Waals surface area (Å²) in [6, 6.07) is 15.0. The normalized spacial score (nSPS) is 10.9. The molecule has 0 aliphatic carbocycles. The van der Waals surface area contributed by atoms with Crippen LogP contribution in [0, 0.1) is 0 Å². The molecule has 140 valence electrons. The third-order valence-corrected chi connectivity index (χ3v) is 4.68. The number of carbonyl (C=O) groups excluding carboxylic acids is 1. The minimum absolute atomic E-state index is 0.0399. The van der Waals surface area contributed by atoms with E-state index in [1.54, 1.807) is 11.0 Å². The summed E-state index contributed by atoms with van der Waals surface area (Å²) in [4.78, 5) is 34.4. The van der Waals surface area contributed by atoms with Crippen molar-refractivity contribution in [3.8, 4) is 0 Å². The van der Waals surface area contributed by atoms with E-state index < -0.39 is 0 Å². The zero-order valence-electron chi connectivity index (χ0n) is 15.9. The Morgan fingerprint density at radius 2 is 1.81 bits per heavy atom. The highest BCUT2D eigenvalue weighted by Crippen LogP contribution is 2.13. The van der Waals surface area contributed by atoms with Crippen LogP contribution in [0.2, 0.25) is 0 Å². The van der Waals surface area contributed by atoms with E-state index in [-0.39, 0.29) is 18.0 Å². The molecule has 0 spiro atoms. The van der Waals surface area contributed by atoms with Gasteiger partial charge in [-0.1, -0.05) is 44.5 Å². The van der Waals surface area contributed by atoms with E-state index >= 15 is 0 Å². The Morgan fingerprint density at radius 1 is 1.07 bits per heavy atom. The Labute approximate surface area is 159 Å². The number of benzene rings is 2. The third kappa shape index (κ3) is 4.42. The van der Waals surface area contributed by atoms with Crippen molar-refractivity contribution >= 4 is 16.8 Å². The summed E-state index contributed by atoms with van der Waals surface area (Å²) in [5.74, 6) is 0.468. The lowest BCUT2D eigenvalue weighted by atomic mass is 10.1. The molecule has 3 rings (SSSR count). The van der Waals surface area contributed by atoms with E-state index in [0.29, 0.717) is 28.8 Å². The molecule has 0 saturated carbocycles. The van der Waals surface area contributed by atoms with Crippen LogP contribution in [0.15, 0.2) is 53.3 Å². The van der Waals surface area contributed by atoms with Crippen molar-refractivity contribution in [1.82, 2.24) is 14.9 Å². The minimum Gasteiger partial charge on any atom is -0.331 e. The third-order valence-electron chi connectivity index (χ3n) is 4.68. The van der Waals surface area contributed by atoms with Gasteiger partial charge in [-0.15, -0.1) is 0 Å². The number of nitrogens with one attached hydrogen (secondary N) is 1. The fraction of sp³-hybridized carbons (Fsp3) is 0.318. The molecule has 0 fully saturated rings. The van der Waals surface area contributed by atoms with Crippen LogP contribution in [-0.4, -0.2) is 27.3 Å². The number of aromatic nitrogens is 2. The van der Waals surface area contributed by atoms with E-state index in [4.69, 9.17) is 0 Å². The Morgan fingerprint density at radius 3 is 2.52 bits per heavy atom. The molecule has 0 aliphatic rings. The number of unbranched alkanes of at least 4 members (excludes halogenated alkanes) is 1. The van der Waals surface area contributed by atoms with Crippen LogP contribution >= 0.6 is 0 Å². The van der Waals surface area contributed by atoms with Gasteiger partial charge in [0.1, 0.15) is 5.82 Å². The number of aryl methyl sites for hydroxylation is 1. The average Bonchev–Trinajstić information content (AvgIpc) is 2.70. The van der Waals surface area contributed by atoms with Gasteiger partial charge >= 0.3 is 0 Å². The van der Waals surface area contributed by atoms with Crippen LogP contribution in [0.1, 0.15) is 48.4 Å². The summed E-state index contributed by atoms with van der Waals surface area (Å²) in [5.41, 5.74) is 2.33.